The van der Waals surface area contributed by atoms with Crippen molar-refractivity contribution in [1.29, 1.82) is 0 Å². The molecule has 2 amide bonds. The van der Waals surface area contributed by atoms with Crippen LogP contribution in [0, 0.1) is 0 Å². The molecule has 2 heterocycles. The van der Waals surface area contributed by atoms with Gasteiger partial charge in [0.2, 0.25) is 0 Å². The van der Waals surface area contributed by atoms with Gasteiger partial charge in [-0.25, -0.2) is 0 Å². The van der Waals surface area contributed by atoms with Crippen molar-refractivity contribution in [2.24, 2.45) is 0 Å². The third kappa shape index (κ3) is 4.31. The van der Waals surface area contributed by atoms with E-state index >= 15 is 0 Å². The van der Waals surface area contributed by atoms with E-state index in [1.54, 1.807) is 0 Å². The van der Waals surface area contributed by atoms with Gasteiger partial charge in [-0.3, -0.25) is 14.5 Å². The first kappa shape index (κ1) is 21.2. The lowest BCUT2D eigenvalue weighted by molar-refractivity contribution is 0.0716. The van der Waals surface area contributed by atoms with Crippen molar-refractivity contribution in [3.05, 3.63) is 59.2 Å². The zero-order valence-corrected chi connectivity index (χ0v) is 19.0. The molecule has 168 valence electrons. The molecule has 0 unspecified atom stereocenters. The number of carbonyl (C=O) groups excluding carboxylic acids is 2. The molecule has 0 spiro atoms. The Labute approximate surface area is 190 Å². The maximum Gasteiger partial charge on any atom is 0.254 e. The predicted molar refractivity (Wildman–Crippen MR) is 127 cm³/mol. The molecule has 1 saturated carbocycles. The average Bonchev–Trinajstić information content (AvgIpc) is 3.20. The monoisotopic (exact) mass is 431 g/mol. The summed E-state index contributed by atoms with van der Waals surface area (Å²) >= 11 is 0. The lowest BCUT2D eigenvalue weighted by Gasteiger charge is -2.31. The van der Waals surface area contributed by atoms with E-state index in [1.165, 1.54) is 19.3 Å². The van der Waals surface area contributed by atoms with Crippen LogP contribution in [-0.2, 0) is 6.42 Å². The Hall–Kier alpha value is -2.66. The number of benzene rings is 2. The van der Waals surface area contributed by atoms with Gasteiger partial charge in [-0.05, 0) is 86.9 Å². The molecule has 32 heavy (non-hydrogen) atoms. The number of nitrogens with one attached hydrogen (secondary N) is 1. The van der Waals surface area contributed by atoms with Gasteiger partial charge in [0.1, 0.15) is 0 Å². The Morgan fingerprint density at radius 3 is 2.44 bits per heavy atom. The second kappa shape index (κ2) is 9.07. The van der Waals surface area contributed by atoms with Crippen LogP contribution in [0.2, 0.25) is 0 Å². The molecule has 5 heteroatoms. The first-order valence-electron chi connectivity index (χ1n) is 12.2. The summed E-state index contributed by atoms with van der Waals surface area (Å²) < 4.78 is 0. The maximum atomic E-state index is 13.1. The summed E-state index contributed by atoms with van der Waals surface area (Å²) in [7, 11) is 0. The van der Waals surface area contributed by atoms with E-state index < -0.39 is 0 Å². The van der Waals surface area contributed by atoms with Crippen LogP contribution in [-0.4, -0.2) is 59.9 Å². The molecule has 1 N–H and O–H groups in total. The fourth-order valence-corrected chi connectivity index (χ4v) is 5.14. The minimum atomic E-state index is 0.0145. The molecule has 3 aliphatic rings. The number of likely N-dealkylation sites (tertiary alicyclic amines) is 1. The van der Waals surface area contributed by atoms with Crippen LogP contribution in [0.15, 0.2) is 42.5 Å². The number of nitrogens with zero attached hydrogens (tertiary/aromatic N) is 2. The maximum absolute atomic E-state index is 13.1. The van der Waals surface area contributed by atoms with Gasteiger partial charge in [0.05, 0.1) is 0 Å². The standard InChI is InChI=1S/C27H33N3O2/c1-19-4-3-14-29(19)16-17-30-15-13-23-18-22(11-12-25(23)27(30)32)20-7-9-21(10-8-20)26(31)28-24-5-2-6-24/h7-12,18-19,24H,2-6,13-17H2,1H3,(H,28,31)/t19-/m1/s1. The minimum Gasteiger partial charge on any atom is -0.349 e. The summed E-state index contributed by atoms with van der Waals surface area (Å²) in [6.07, 6.45) is 6.82. The molecule has 0 aromatic heterocycles. The van der Waals surface area contributed by atoms with E-state index in [0.717, 1.165) is 67.7 Å². The van der Waals surface area contributed by atoms with Crippen molar-refractivity contribution in [2.45, 2.75) is 57.5 Å². The van der Waals surface area contributed by atoms with Crippen LogP contribution in [0.5, 0.6) is 0 Å². The molecular formula is C27H33N3O2. The summed E-state index contributed by atoms with van der Waals surface area (Å²) in [6.45, 7) is 6.02. The van der Waals surface area contributed by atoms with E-state index in [2.05, 4.69) is 23.2 Å². The van der Waals surface area contributed by atoms with E-state index in [0.29, 0.717) is 17.6 Å². The third-order valence-corrected chi connectivity index (χ3v) is 7.54. The molecular weight excluding hydrogens is 398 g/mol. The Morgan fingerprint density at radius 1 is 0.969 bits per heavy atom. The normalized spacial score (nSPS) is 21.3. The van der Waals surface area contributed by atoms with Gasteiger partial charge in [-0.2, -0.15) is 0 Å². The van der Waals surface area contributed by atoms with Gasteiger partial charge < -0.3 is 10.2 Å². The molecule has 2 aromatic rings. The lowest BCUT2D eigenvalue weighted by Crippen LogP contribution is -2.43. The van der Waals surface area contributed by atoms with Crippen LogP contribution in [0.25, 0.3) is 11.1 Å². The van der Waals surface area contributed by atoms with Gasteiger partial charge in [0, 0.05) is 42.8 Å². The van der Waals surface area contributed by atoms with Crippen molar-refractivity contribution in [3.63, 3.8) is 0 Å². The van der Waals surface area contributed by atoms with Crippen molar-refractivity contribution >= 4 is 11.8 Å². The van der Waals surface area contributed by atoms with Crippen LogP contribution < -0.4 is 5.32 Å². The third-order valence-electron chi connectivity index (χ3n) is 7.54. The number of amides is 2. The van der Waals surface area contributed by atoms with E-state index in [1.807, 2.05) is 41.3 Å². The van der Waals surface area contributed by atoms with Crippen molar-refractivity contribution in [1.82, 2.24) is 15.1 Å². The van der Waals surface area contributed by atoms with Gasteiger partial charge in [0.25, 0.3) is 11.8 Å². The Morgan fingerprint density at radius 2 is 1.75 bits per heavy atom. The SMILES string of the molecule is C[C@@H]1CCCN1CCN1CCc2cc(-c3ccc(C(=O)NC4CCC4)cc3)ccc2C1=O. The van der Waals surface area contributed by atoms with Crippen molar-refractivity contribution in [3.8, 4) is 11.1 Å². The highest BCUT2D eigenvalue weighted by molar-refractivity contribution is 5.97. The molecule has 1 saturated heterocycles. The summed E-state index contributed by atoms with van der Waals surface area (Å²) in [6, 6.07) is 15.0. The number of hydrogen-bond acceptors (Lipinski definition) is 3. The van der Waals surface area contributed by atoms with Crippen LogP contribution >= 0.6 is 0 Å². The van der Waals surface area contributed by atoms with E-state index in [-0.39, 0.29) is 11.8 Å². The predicted octanol–water partition coefficient (Wildman–Crippen LogP) is 4.12. The van der Waals surface area contributed by atoms with Crippen molar-refractivity contribution < 1.29 is 9.59 Å². The summed E-state index contributed by atoms with van der Waals surface area (Å²) in [5.41, 5.74) is 4.85. The highest BCUT2D eigenvalue weighted by Gasteiger charge is 2.27. The van der Waals surface area contributed by atoms with Crippen LogP contribution in [0.4, 0.5) is 0 Å². The molecule has 1 atom stereocenters. The zero-order valence-electron chi connectivity index (χ0n) is 19.0. The van der Waals surface area contributed by atoms with Gasteiger partial charge in [-0.15, -0.1) is 0 Å². The molecule has 0 bridgehead atoms. The van der Waals surface area contributed by atoms with Crippen LogP contribution in [0.1, 0.15) is 65.3 Å². The molecule has 5 rings (SSSR count). The Kier molecular flexibility index (Phi) is 6.01. The average molecular weight is 432 g/mol. The molecule has 1 aliphatic carbocycles. The van der Waals surface area contributed by atoms with Crippen LogP contribution in [0.3, 0.4) is 0 Å². The first-order chi connectivity index (χ1) is 15.6. The number of carbonyl (C=O) groups is 2. The Balaban J connectivity index is 1.24. The summed E-state index contributed by atoms with van der Waals surface area (Å²) in [5, 5.41) is 3.09. The van der Waals surface area contributed by atoms with Gasteiger partial charge >= 0.3 is 0 Å². The van der Waals surface area contributed by atoms with E-state index in [4.69, 9.17) is 0 Å². The fraction of sp³-hybridized carbons (Fsp3) is 0.481. The summed E-state index contributed by atoms with van der Waals surface area (Å²) in [4.78, 5) is 29.9. The van der Waals surface area contributed by atoms with Gasteiger partial charge in [0.15, 0.2) is 0 Å². The molecule has 5 nitrogen and oxygen atoms in total. The smallest absolute Gasteiger partial charge is 0.254 e. The second-order valence-corrected chi connectivity index (χ2v) is 9.62. The van der Waals surface area contributed by atoms with Crippen molar-refractivity contribution in [2.75, 3.05) is 26.2 Å². The summed E-state index contributed by atoms with van der Waals surface area (Å²) in [5.74, 6) is 0.174. The molecule has 2 aromatic carbocycles. The molecule has 2 aliphatic heterocycles. The number of rotatable bonds is 6. The quantitative estimate of drug-likeness (QED) is 0.749. The fourth-order valence-electron chi connectivity index (χ4n) is 5.14. The number of hydrogen-bond donors (Lipinski definition) is 1. The largest absolute Gasteiger partial charge is 0.349 e. The highest BCUT2D eigenvalue weighted by Crippen LogP contribution is 2.27. The van der Waals surface area contributed by atoms with E-state index in [9.17, 15) is 9.59 Å². The zero-order chi connectivity index (χ0) is 22.1. The minimum absolute atomic E-state index is 0.0145. The topological polar surface area (TPSA) is 52.6 Å². The second-order valence-electron chi connectivity index (χ2n) is 9.62. The lowest BCUT2D eigenvalue weighted by atomic mass is 9.92. The molecule has 2 fully saturated rings. The molecule has 0 radical (unpaired) electrons. The van der Waals surface area contributed by atoms with Gasteiger partial charge in [-0.1, -0.05) is 24.3 Å². The Bertz CT molecular complexity index is 996. The first-order valence-corrected chi connectivity index (χ1v) is 12.2. The number of fused-ring (bicyclic) bond motifs is 1. The highest BCUT2D eigenvalue weighted by atomic mass is 16.2.